The van der Waals surface area contributed by atoms with Crippen LogP contribution >= 0.6 is 31.9 Å². The summed E-state index contributed by atoms with van der Waals surface area (Å²) < 4.78 is 3.24. The van der Waals surface area contributed by atoms with E-state index in [-0.39, 0.29) is 5.56 Å². The molecule has 0 spiro atoms. The summed E-state index contributed by atoms with van der Waals surface area (Å²) in [6, 6.07) is 29.2. The van der Waals surface area contributed by atoms with Crippen molar-refractivity contribution >= 4 is 53.8 Å². The van der Waals surface area contributed by atoms with Gasteiger partial charge in [-0.05, 0) is 64.5 Å². The summed E-state index contributed by atoms with van der Waals surface area (Å²) in [5.41, 5.74) is 4.92. The van der Waals surface area contributed by atoms with Gasteiger partial charge in [-0.3, -0.25) is 9.36 Å². The average Bonchev–Trinajstić information content (AvgIpc) is 3.30. The first-order valence-electron chi connectivity index (χ1n) is 10.6. The Morgan fingerprint density at radius 2 is 1.50 bits per heavy atom. The fraction of sp³-hybridized carbons (Fsp3) is 0. The summed E-state index contributed by atoms with van der Waals surface area (Å²) in [5.74, 6) is 1.37. The third-order valence-electron chi connectivity index (χ3n) is 5.71. The smallest absolute Gasteiger partial charge is 0.266 e. The molecule has 0 aliphatic rings. The lowest BCUT2D eigenvalue weighted by molar-refractivity contribution is 0.975. The van der Waals surface area contributed by atoms with Crippen LogP contribution in [0.25, 0.3) is 50.4 Å². The van der Waals surface area contributed by atoms with Gasteiger partial charge in [-0.25, -0.2) is 9.97 Å². The van der Waals surface area contributed by atoms with Crippen LogP contribution < -0.4 is 5.56 Å². The number of nitrogens with zero attached hydrogens (tertiary/aromatic N) is 3. The number of H-pyrrole nitrogens is 1. The van der Waals surface area contributed by atoms with Crippen molar-refractivity contribution in [1.82, 2.24) is 19.5 Å². The number of rotatable bonds is 3. The van der Waals surface area contributed by atoms with E-state index in [0.29, 0.717) is 16.7 Å². The molecule has 2 heterocycles. The summed E-state index contributed by atoms with van der Waals surface area (Å²) in [4.78, 5) is 26.7. The maximum Gasteiger partial charge on any atom is 0.266 e. The number of para-hydroxylation sites is 2. The van der Waals surface area contributed by atoms with Crippen molar-refractivity contribution in [2.45, 2.75) is 0 Å². The summed E-state index contributed by atoms with van der Waals surface area (Å²) in [6.07, 6.45) is 0. The lowest BCUT2D eigenvalue weighted by Crippen LogP contribution is -2.22. The van der Waals surface area contributed by atoms with Crippen LogP contribution in [0.15, 0.2) is 105 Å². The summed E-state index contributed by atoms with van der Waals surface area (Å²) in [7, 11) is 0. The predicted octanol–water partition coefficient (Wildman–Crippen LogP) is 7.12. The predicted molar refractivity (Wildman–Crippen MR) is 143 cm³/mol. The van der Waals surface area contributed by atoms with Crippen molar-refractivity contribution in [3.63, 3.8) is 0 Å². The molecule has 4 aromatic carbocycles. The summed E-state index contributed by atoms with van der Waals surface area (Å²) in [6.45, 7) is 0. The van der Waals surface area contributed by atoms with Crippen molar-refractivity contribution < 1.29 is 0 Å². The monoisotopic (exact) mass is 570 g/mol. The molecule has 0 unspecified atom stereocenters. The Bertz CT molecular complexity index is 1710. The molecule has 164 valence electrons. The molecule has 2 aromatic heterocycles. The number of imidazole rings is 1. The zero-order valence-corrected chi connectivity index (χ0v) is 20.8. The van der Waals surface area contributed by atoms with Gasteiger partial charge in [-0.2, -0.15) is 0 Å². The number of fused-ring (bicyclic) bond motifs is 2. The largest absolute Gasteiger partial charge is 0.338 e. The summed E-state index contributed by atoms with van der Waals surface area (Å²) in [5, 5.41) is 0.530. The van der Waals surface area contributed by atoms with Gasteiger partial charge in [0.2, 0.25) is 0 Å². The standard InChI is InChI=1S/C27H16Br2N4O/c28-18-14-20-24(21(29)15-18)32-26(17-6-2-1-3-7-17)33(27(20)34)19-12-10-16(11-13-19)25-30-22-8-4-5-9-23(22)31-25/h1-15H,(H,30,31). The highest BCUT2D eigenvalue weighted by Gasteiger charge is 2.17. The molecule has 0 saturated heterocycles. The van der Waals surface area contributed by atoms with Gasteiger partial charge in [0, 0.05) is 20.1 Å². The Labute approximate surface area is 211 Å². The molecule has 1 N–H and O–H groups in total. The maximum absolute atomic E-state index is 13.8. The normalized spacial score (nSPS) is 11.4. The van der Waals surface area contributed by atoms with E-state index in [2.05, 4.69) is 41.8 Å². The van der Waals surface area contributed by atoms with E-state index in [0.717, 1.165) is 42.6 Å². The van der Waals surface area contributed by atoms with Gasteiger partial charge >= 0.3 is 0 Å². The van der Waals surface area contributed by atoms with E-state index >= 15 is 0 Å². The van der Waals surface area contributed by atoms with E-state index in [9.17, 15) is 4.79 Å². The van der Waals surface area contributed by atoms with Crippen molar-refractivity contribution in [2.24, 2.45) is 0 Å². The fourth-order valence-electron chi connectivity index (χ4n) is 4.09. The second kappa shape index (κ2) is 8.34. The Balaban J connectivity index is 1.56. The van der Waals surface area contributed by atoms with Crippen LogP contribution in [0.3, 0.4) is 0 Å². The van der Waals surface area contributed by atoms with Crippen LogP contribution in [-0.4, -0.2) is 19.5 Å². The maximum atomic E-state index is 13.8. The quantitative estimate of drug-likeness (QED) is 0.246. The van der Waals surface area contributed by atoms with Crippen LogP contribution in [0.1, 0.15) is 0 Å². The zero-order valence-electron chi connectivity index (χ0n) is 17.7. The number of hydrogen-bond donors (Lipinski definition) is 1. The van der Waals surface area contributed by atoms with E-state index in [1.165, 1.54) is 0 Å². The van der Waals surface area contributed by atoms with Crippen LogP contribution in [0, 0.1) is 0 Å². The summed E-state index contributed by atoms with van der Waals surface area (Å²) >= 11 is 7.06. The third kappa shape index (κ3) is 3.57. The molecule has 0 saturated carbocycles. The number of benzene rings is 4. The molecular formula is C27H16Br2N4O. The molecule has 0 amide bonds. The van der Waals surface area contributed by atoms with Crippen molar-refractivity contribution in [2.75, 3.05) is 0 Å². The molecular weight excluding hydrogens is 556 g/mol. The van der Waals surface area contributed by atoms with E-state index in [1.54, 1.807) is 4.57 Å². The molecule has 0 bridgehead atoms. The topological polar surface area (TPSA) is 63.6 Å². The average molecular weight is 572 g/mol. The number of aromatic amines is 1. The second-order valence-corrected chi connectivity index (χ2v) is 9.65. The first-order chi connectivity index (χ1) is 16.6. The van der Waals surface area contributed by atoms with Crippen molar-refractivity contribution in [3.8, 4) is 28.5 Å². The minimum atomic E-state index is -0.137. The SMILES string of the molecule is O=c1c2cc(Br)cc(Br)c2nc(-c2ccccc2)n1-c1ccc(-c2nc3ccccc3[nH]2)cc1. The lowest BCUT2D eigenvalue weighted by Gasteiger charge is -2.15. The molecule has 0 radical (unpaired) electrons. The van der Waals surface area contributed by atoms with Gasteiger partial charge in [0.1, 0.15) is 11.6 Å². The van der Waals surface area contributed by atoms with E-state index in [4.69, 9.17) is 4.98 Å². The highest BCUT2D eigenvalue weighted by atomic mass is 79.9. The van der Waals surface area contributed by atoms with Gasteiger partial charge in [-0.15, -0.1) is 0 Å². The Kier molecular flexibility index (Phi) is 5.16. The van der Waals surface area contributed by atoms with Gasteiger partial charge in [0.25, 0.3) is 5.56 Å². The van der Waals surface area contributed by atoms with Crippen molar-refractivity contribution in [1.29, 1.82) is 0 Å². The Morgan fingerprint density at radius 3 is 2.26 bits per heavy atom. The first kappa shape index (κ1) is 21.0. The Hall–Kier alpha value is -3.55. The number of halogens is 2. The molecule has 6 rings (SSSR count). The zero-order chi connectivity index (χ0) is 23.2. The van der Waals surface area contributed by atoms with Crippen LogP contribution in [-0.2, 0) is 0 Å². The van der Waals surface area contributed by atoms with E-state index < -0.39 is 0 Å². The molecule has 0 fully saturated rings. The highest BCUT2D eigenvalue weighted by Crippen LogP contribution is 2.29. The van der Waals surface area contributed by atoms with Gasteiger partial charge in [-0.1, -0.05) is 58.4 Å². The highest BCUT2D eigenvalue weighted by molar-refractivity contribution is 9.11. The molecule has 6 aromatic rings. The lowest BCUT2D eigenvalue weighted by atomic mass is 10.1. The third-order valence-corrected chi connectivity index (χ3v) is 6.77. The molecule has 0 atom stereocenters. The van der Waals surface area contributed by atoms with Gasteiger partial charge in [0.15, 0.2) is 0 Å². The number of nitrogens with one attached hydrogen (secondary N) is 1. The van der Waals surface area contributed by atoms with E-state index in [1.807, 2.05) is 91.0 Å². The molecule has 0 aliphatic carbocycles. The minimum Gasteiger partial charge on any atom is -0.338 e. The molecule has 5 nitrogen and oxygen atoms in total. The molecule has 0 aliphatic heterocycles. The van der Waals surface area contributed by atoms with Crippen molar-refractivity contribution in [3.05, 3.63) is 110 Å². The fourth-order valence-corrected chi connectivity index (χ4v) is 5.41. The molecule has 7 heteroatoms. The first-order valence-corrected chi connectivity index (χ1v) is 12.2. The van der Waals surface area contributed by atoms with Crippen LogP contribution in [0.2, 0.25) is 0 Å². The van der Waals surface area contributed by atoms with Crippen LogP contribution in [0.4, 0.5) is 0 Å². The molecule has 34 heavy (non-hydrogen) atoms. The number of hydrogen-bond acceptors (Lipinski definition) is 3. The van der Waals surface area contributed by atoms with Gasteiger partial charge in [0.05, 0.1) is 27.6 Å². The van der Waals surface area contributed by atoms with Crippen LogP contribution in [0.5, 0.6) is 0 Å². The van der Waals surface area contributed by atoms with Gasteiger partial charge < -0.3 is 4.98 Å². The minimum absolute atomic E-state index is 0.137. The second-order valence-electron chi connectivity index (χ2n) is 7.88. The Morgan fingerprint density at radius 1 is 0.765 bits per heavy atom. The number of aromatic nitrogens is 4.